The lowest BCUT2D eigenvalue weighted by molar-refractivity contribution is -0.0121. The zero-order valence-electron chi connectivity index (χ0n) is 14.8. The van der Waals surface area contributed by atoms with Gasteiger partial charge in [0, 0.05) is 38.3 Å². The second-order valence-corrected chi connectivity index (χ2v) is 7.36. The number of methoxy groups -OCH3 is 1. The van der Waals surface area contributed by atoms with Crippen molar-refractivity contribution >= 4 is 0 Å². The number of piperazine rings is 1. The second kappa shape index (κ2) is 7.24. The van der Waals surface area contributed by atoms with Crippen LogP contribution in [0.2, 0.25) is 0 Å². The number of hydrogen-bond donors (Lipinski definition) is 1. The molecule has 3 nitrogen and oxygen atoms in total. The first kappa shape index (κ1) is 17.9. The van der Waals surface area contributed by atoms with E-state index < -0.39 is 0 Å². The molecule has 1 aliphatic heterocycles. The minimum absolute atomic E-state index is 0.0203. The molecular weight excluding hydrogens is 248 g/mol. The van der Waals surface area contributed by atoms with E-state index in [2.05, 4.69) is 51.8 Å². The lowest BCUT2D eigenvalue weighted by atomic mass is 9.86. The van der Waals surface area contributed by atoms with Crippen molar-refractivity contribution in [2.45, 2.75) is 78.0 Å². The van der Waals surface area contributed by atoms with Crippen LogP contribution in [0.5, 0.6) is 0 Å². The van der Waals surface area contributed by atoms with Crippen molar-refractivity contribution in [3.8, 4) is 0 Å². The minimum atomic E-state index is -0.0203. The Kier molecular flexibility index (Phi) is 6.49. The van der Waals surface area contributed by atoms with Crippen molar-refractivity contribution in [1.82, 2.24) is 10.2 Å². The topological polar surface area (TPSA) is 24.5 Å². The smallest absolute Gasteiger partial charge is 0.0634 e. The van der Waals surface area contributed by atoms with Crippen molar-refractivity contribution in [3.63, 3.8) is 0 Å². The van der Waals surface area contributed by atoms with Crippen LogP contribution in [-0.4, -0.2) is 48.8 Å². The van der Waals surface area contributed by atoms with Crippen molar-refractivity contribution in [2.24, 2.45) is 5.92 Å². The molecule has 0 aromatic carbocycles. The summed E-state index contributed by atoms with van der Waals surface area (Å²) in [6.07, 6.45) is 3.51. The highest BCUT2D eigenvalue weighted by Gasteiger charge is 2.38. The molecule has 1 saturated heterocycles. The molecule has 0 spiro atoms. The third-order valence-corrected chi connectivity index (χ3v) is 5.34. The Morgan fingerprint density at radius 3 is 2.35 bits per heavy atom. The van der Waals surface area contributed by atoms with Gasteiger partial charge in [0.2, 0.25) is 0 Å². The summed E-state index contributed by atoms with van der Waals surface area (Å²) in [5.74, 6) is 0.694. The molecular formula is C17H36N2O. The van der Waals surface area contributed by atoms with Gasteiger partial charge in [0.25, 0.3) is 0 Å². The van der Waals surface area contributed by atoms with Crippen LogP contribution in [0.3, 0.4) is 0 Å². The zero-order valence-corrected chi connectivity index (χ0v) is 14.8. The molecule has 1 heterocycles. The Bertz CT molecular complexity index is 285. The van der Waals surface area contributed by atoms with E-state index in [0.29, 0.717) is 17.5 Å². The van der Waals surface area contributed by atoms with Crippen LogP contribution >= 0.6 is 0 Å². The third-order valence-electron chi connectivity index (χ3n) is 5.34. The molecule has 0 amide bonds. The van der Waals surface area contributed by atoms with Crippen LogP contribution in [0.25, 0.3) is 0 Å². The Labute approximate surface area is 126 Å². The number of nitrogens with one attached hydrogen (secondary N) is 1. The van der Waals surface area contributed by atoms with Crippen LogP contribution in [0.1, 0.15) is 60.8 Å². The molecule has 1 atom stereocenters. The highest BCUT2D eigenvalue weighted by atomic mass is 16.5. The number of nitrogens with zero attached hydrogens (tertiary/aromatic N) is 1. The fraction of sp³-hybridized carbons (Fsp3) is 1.00. The average Bonchev–Trinajstić information content (AvgIpc) is 2.44. The summed E-state index contributed by atoms with van der Waals surface area (Å²) in [6, 6.07) is 0.647. The average molecular weight is 284 g/mol. The molecule has 120 valence electrons. The quantitative estimate of drug-likeness (QED) is 0.776. The summed E-state index contributed by atoms with van der Waals surface area (Å²) in [6.45, 7) is 17.1. The summed E-state index contributed by atoms with van der Waals surface area (Å²) in [7, 11) is 1.82. The predicted octanol–water partition coefficient (Wildman–Crippen LogP) is 3.29. The maximum atomic E-state index is 5.59. The fourth-order valence-electron chi connectivity index (χ4n) is 3.15. The third kappa shape index (κ3) is 4.44. The van der Waals surface area contributed by atoms with Gasteiger partial charge in [-0.25, -0.2) is 0 Å². The molecule has 1 rings (SSSR count). The molecule has 0 saturated carbocycles. The van der Waals surface area contributed by atoms with Crippen LogP contribution in [0.15, 0.2) is 0 Å². The second-order valence-electron chi connectivity index (χ2n) is 7.36. The zero-order chi connectivity index (χ0) is 15.4. The van der Waals surface area contributed by atoms with Crippen molar-refractivity contribution < 1.29 is 4.74 Å². The van der Waals surface area contributed by atoms with E-state index in [0.717, 1.165) is 19.5 Å². The summed E-state index contributed by atoms with van der Waals surface area (Å²) < 4.78 is 5.59. The highest BCUT2D eigenvalue weighted by molar-refractivity contribution is 4.97. The minimum Gasteiger partial charge on any atom is -0.379 e. The van der Waals surface area contributed by atoms with Gasteiger partial charge in [0.15, 0.2) is 0 Å². The molecule has 0 aromatic heterocycles. The van der Waals surface area contributed by atoms with Gasteiger partial charge in [-0.2, -0.15) is 0 Å². The van der Waals surface area contributed by atoms with E-state index in [4.69, 9.17) is 4.74 Å². The number of rotatable bonds is 7. The van der Waals surface area contributed by atoms with E-state index in [9.17, 15) is 0 Å². The van der Waals surface area contributed by atoms with E-state index in [1.165, 1.54) is 19.4 Å². The molecule has 0 aromatic rings. The lowest BCUT2D eigenvalue weighted by Gasteiger charge is -2.49. The predicted molar refractivity (Wildman–Crippen MR) is 87.2 cm³/mol. The summed E-state index contributed by atoms with van der Waals surface area (Å²) in [5, 5.41) is 3.83. The van der Waals surface area contributed by atoms with Crippen molar-refractivity contribution in [2.75, 3.05) is 26.7 Å². The van der Waals surface area contributed by atoms with E-state index in [-0.39, 0.29) is 5.60 Å². The number of ether oxygens (including phenoxy) is 1. The van der Waals surface area contributed by atoms with Gasteiger partial charge >= 0.3 is 0 Å². The Hall–Kier alpha value is -0.120. The molecule has 1 N–H and O–H groups in total. The van der Waals surface area contributed by atoms with E-state index >= 15 is 0 Å². The Morgan fingerprint density at radius 1 is 1.30 bits per heavy atom. The summed E-state index contributed by atoms with van der Waals surface area (Å²) in [4.78, 5) is 2.70. The molecule has 20 heavy (non-hydrogen) atoms. The molecule has 3 heteroatoms. The Balaban J connectivity index is 2.74. The Morgan fingerprint density at radius 2 is 1.90 bits per heavy atom. The normalized spacial score (nSPS) is 24.3. The molecule has 1 fully saturated rings. The van der Waals surface area contributed by atoms with Crippen molar-refractivity contribution in [1.29, 1.82) is 0 Å². The first-order chi connectivity index (χ1) is 9.29. The van der Waals surface area contributed by atoms with E-state index in [1.54, 1.807) is 0 Å². The summed E-state index contributed by atoms with van der Waals surface area (Å²) in [5.41, 5.74) is 0.288. The molecule has 1 unspecified atom stereocenters. The summed E-state index contributed by atoms with van der Waals surface area (Å²) >= 11 is 0. The van der Waals surface area contributed by atoms with Crippen LogP contribution < -0.4 is 5.32 Å². The molecule has 0 aliphatic carbocycles. The monoisotopic (exact) mass is 284 g/mol. The van der Waals surface area contributed by atoms with Crippen LogP contribution in [0.4, 0.5) is 0 Å². The number of hydrogen-bond acceptors (Lipinski definition) is 3. The first-order valence-electron chi connectivity index (χ1n) is 8.33. The highest BCUT2D eigenvalue weighted by Crippen LogP contribution is 2.27. The largest absolute Gasteiger partial charge is 0.379 e. The van der Waals surface area contributed by atoms with Crippen LogP contribution in [0, 0.1) is 5.92 Å². The van der Waals surface area contributed by atoms with Gasteiger partial charge in [0.1, 0.15) is 0 Å². The SMILES string of the molecule is CCC1(CC)CN(CCC(C)(C)OC)C(C(C)C)CN1. The van der Waals surface area contributed by atoms with Crippen molar-refractivity contribution in [3.05, 3.63) is 0 Å². The van der Waals surface area contributed by atoms with Gasteiger partial charge < -0.3 is 10.1 Å². The molecule has 0 bridgehead atoms. The van der Waals surface area contributed by atoms with Gasteiger partial charge in [0.05, 0.1) is 5.60 Å². The maximum absolute atomic E-state index is 5.59. The van der Waals surface area contributed by atoms with Gasteiger partial charge in [-0.3, -0.25) is 4.90 Å². The fourth-order valence-corrected chi connectivity index (χ4v) is 3.15. The lowest BCUT2D eigenvalue weighted by Crippen LogP contribution is -2.65. The maximum Gasteiger partial charge on any atom is 0.0634 e. The van der Waals surface area contributed by atoms with Crippen LogP contribution in [-0.2, 0) is 4.74 Å². The van der Waals surface area contributed by atoms with E-state index in [1.807, 2.05) is 7.11 Å². The van der Waals surface area contributed by atoms with Gasteiger partial charge in [-0.15, -0.1) is 0 Å². The molecule has 0 radical (unpaired) electrons. The van der Waals surface area contributed by atoms with Gasteiger partial charge in [-0.05, 0) is 39.0 Å². The van der Waals surface area contributed by atoms with Gasteiger partial charge in [-0.1, -0.05) is 27.7 Å². The first-order valence-corrected chi connectivity index (χ1v) is 8.33. The molecule has 1 aliphatic rings. The standard InChI is InChI=1S/C17H36N2O/c1-8-17(9-2)13-19(11-10-16(5,6)20-7)15(12-18-17)14(3)4/h14-15,18H,8-13H2,1-7H3.